The van der Waals surface area contributed by atoms with Gasteiger partial charge in [0.15, 0.2) is 23.9 Å². The van der Waals surface area contributed by atoms with Gasteiger partial charge in [0.2, 0.25) is 0 Å². The van der Waals surface area contributed by atoms with Gasteiger partial charge in [0, 0.05) is 11.3 Å². The number of nitrogens with zero attached hydrogens (tertiary/aromatic N) is 3. The van der Waals surface area contributed by atoms with Gasteiger partial charge in [-0.05, 0) is 101 Å². The number of aromatic nitrogens is 2. The molecule has 0 aliphatic heterocycles. The van der Waals surface area contributed by atoms with E-state index in [4.69, 9.17) is 19.2 Å². The minimum absolute atomic E-state index is 0.178. The summed E-state index contributed by atoms with van der Waals surface area (Å²) in [6.45, 7) is 7.89. The van der Waals surface area contributed by atoms with Crippen LogP contribution >= 0.6 is 15.9 Å². The van der Waals surface area contributed by atoms with Gasteiger partial charge in [0.05, 0.1) is 35.8 Å². The summed E-state index contributed by atoms with van der Waals surface area (Å²) < 4.78 is 18.9. The third-order valence-corrected chi connectivity index (χ3v) is 8.04. The van der Waals surface area contributed by atoms with Crippen molar-refractivity contribution in [1.82, 2.24) is 9.66 Å². The minimum Gasteiger partial charge on any atom is -0.496 e. The lowest BCUT2D eigenvalue weighted by atomic mass is 9.96. The quantitative estimate of drug-likeness (QED) is 0.153. The fourth-order valence-corrected chi connectivity index (χ4v) is 5.60. The molecule has 9 nitrogen and oxygen atoms in total. The number of ether oxygens (including phenoxy) is 3. The monoisotopic (exact) mass is 682 g/mol. The molecule has 0 fully saturated rings. The first-order valence-corrected chi connectivity index (χ1v) is 15.5. The molecule has 0 saturated carbocycles. The fourth-order valence-electron chi connectivity index (χ4n) is 5.02. The highest BCUT2D eigenvalue weighted by Gasteiger charge is 2.19. The van der Waals surface area contributed by atoms with Crippen molar-refractivity contribution in [2.24, 2.45) is 5.10 Å². The Labute approximate surface area is 276 Å². The predicted molar refractivity (Wildman–Crippen MR) is 186 cm³/mol. The summed E-state index contributed by atoms with van der Waals surface area (Å²) in [6.07, 6.45) is 1.56. The zero-order valence-electron chi connectivity index (χ0n) is 26.6. The summed E-state index contributed by atoms with van der Waals surface area (Å²) in [4.78, 5) is 31.3. The van der Waals surface area contributed by atoms with E-state index in [9.17, 15) is 9.59 Å². The van der Waals surface area contributed by atoms with Crippen molar-refractivity contribution in [3.05, 3.63) is 110 Å². The second-order valence-electron chi connectivity index (χ2n) is 11.1. The minimum atomic E-state index is -0.311. The maximum Gasteiger partial charge on any atom is 0.282 e. The zero-order chi connectivity index (χ0) is 33.0. The Balaban J connectivity index is 1.50. The van der Waals surface area contributed by atoms with Crippen molar-refractivity contribution in [3.8, 4) is 28.6 Å². The number of fused-ring (bicyclic) bond motifs is 1. The van der Waals surface area contributed by atoms with Crippen LogP contribution in [0.25, 0.3) is 22.3 Å². The first-order valence-electron chi connectivity index (χ1n) is 14.7. The molecule has 4 aromatic carbocycles. The highest BCUT2D eigenvalue weighted by Crippen LogP contribution is 2.37. The maximum absolute atomic E-state index is 13.8. The molecule has 0 spiro atoms. The third kappa shape index (κ3) is 6.97. The second kappa shape index (κ2) is 14.0. The molecule has 236 valence electrons. The van der Waals surface area contributed by atoms with E-state index in [1.54, 1.807) is 37.6 Å². The number of aryl methyl sites for hydroxylation is 2. The number of rotatable bonds is 10. The van der Waals surface area contributed by atoms with Gasteiger partial charge >= 0.3 is 0 Å². The maximum atomic E-state index is 13.8. The molecule has 1 aromatic heterocycles. The van der Waals surface area contributed by atoms with Crippen LogP contribution in [0.15, 0.2) is 87.2 Å². The molecule has 0 aliphatic rings. The molecule has 10 heteroatoms. The lowest BCUT2D eigenvalue weighted by Gasteiger charge is -2.17. The number of benzene rings is 4. The molecule has 1 N–H and O–H groups in total. The first-order chi connectivity index (χ1) is 22.1. The second-order valence-corrected chi connectivity index (χ2v) is 12.0. The molecule has 0 bridgehead atoms. The fraction of sp³-hybridized carbons (Fsp3) is 0.222. The van der Waals surface area contributed by atoms with E-state index in [-0.39, 0.29) is 24.0 Å². The molecule has 1 heterocycles. The van der Waals surface area contributed by atoms with Gasteiger partial charge in [-0.1, -0.05) is 43.7 Å². The summed E-state index contributed by atoms with van der Waals surface area (Å²) in [5.41, 5.74) is 5.34. The molecule has 5 aromatic rings. The summed E-state index contributed by atoms with van der Waals surface area (Å²) in [5.74, 6) is 1.80. The van der Waals surface area contributed by atoms with Crippen LogP contribution in [0.2, 0.25) is 0 Å². The van der Waals surface area contributed by atoms with Crippen molar-refractivity contribution in [1.29, 1.82) is 0 Å². The molecule has 0 saturated heterocycles. The summed E-state index contributed by atoms with van der Waals surface area (Å²) in [6, 6.07) is 22.2. The number of nitrogens with one attached hydrogen (secondary N) is 1. The Morgan fingerprint density at radius 2 is 1.72 bits per heavy atom. The van der Waals surface area contributed by atoms with Crippen LogP contribution in [-0.2, 0) is 4.79 Å². The third-order valence-electron chi connectivity index (χ3n) is 7.45. The topological polar surface area (TPSA) is 104 Å². The van der Waals surface area contributed by atoms with Crippen molar-refractivity contribution in [2.45, 2.75) is 33.6 Å². The summed E-state index contributed by atoms with van der Waals surface area (Å²) in [5, 5.41) is 7.90. The molecule has 46 heavy (non-hydrogen) atoms. The summed E-state index contributed by atoms with van der Waals surface area (Å²) >= 11 is 3.54. The van der Waals surface area contributed by atoms with E-state index < -0.39 is 0 Å². The number of carbonyl (C=O) groups excluding carboxylic acids is 1. The Kier molecular flexibility index (Phi) is 9.87. The van der Waals surface area contributed by atoms with Crippen molar-refractivity contribution >= 4 is 44.6 Å². The Morgan fingerprint density at radius 3 is 2.41 bits per heavy atom. The van der Waals surface area contributed by atoms with Gasteiger partial charge < -0.3 is 19.5 Å². The van der Waals surface area contributed by atoms with Crippen LogP contribution in [0.5, 0.6) is 17.2 Å². The molecule has 0 radical (unpaired) electrons. The van der Waals surface area contributed by atoms with Gasteiger partial charge in [0.1, 0.15) is 5.75 Å². The van der Waals surface area contributed by atoms with Crippen LogP contribution in [0.1, 0.15) is 42.0 Å². The van der Waals surface area contributed by atoms with E-state index in [0.717, 1.165) is 28.0 Å². The Bertz CT molecular complexity index is 2000. The number of hydrogen-bond donors (Lipinski definition) is 1. The summed E-state index contributed by atoms with van der Waals surface area (Å²) in [7, 11) is 3.16. The molecule has 0 atom stereocenters. The Morgan fingerprint density at radius 1 is 1.00 bits per heavy atom. The largest absolute Gasteiger partial charge is 0.496 e. The average Bonchev–Trinajstić information content (AvgIpc) is 3.04. The molecule has 1 amide bonds. The lowest BCUT2D eigenvalue weighted by Crippen LogP contribution is -2.21. The smallest absolute Gasteiger partial charge is 0.282 e. The van der Waals surface area contributed by atoms with E-state index in [2.05, 4.69) is 40.2 Å². The van der Waals surface area contributed by atoms with Gasteiger partial charge in [0.25, 0.3) is 11.5 Å². The lowest BCUT2D eigenvalue weighted by molar-refractivity contribution is -0.118. The standard InChI is InChI=1S/C36H35BrN4O5/c1-21(2)27-18-28(23(4)15-31(27)44-5)35-40-30-10-8-7-9-26(30)36(43)41(35)38-19-24-16-29(37)34(32(17-24)45-6)46-20-33(42)39-25-13-11-22(3)12-14-25/h7-19,21H,20H2,1-6H3,(H,39,42). The molecular formula is C36H35BrN4O5. The predicted octanol–water partition coefficient (Wildman–Crippen LogP) is 7.48. The van der Waals surface area contributed by atoms with Crippen LogP contribution in [0.4, 0.5) is 5.69 Å². The van der Waals surface area contributed by atoms with E-state index in [1.165, 1.54) is 11.8 Å². The number of halogens is 1. The zero-order valence-corrected chi connectivity index (χ0v) is 28.1. The van der Waals surface area contributed by atoms with Crippen molar-refractivity contribution < 1.29 is 19.0 Å². The van der Waals surface area contributed by atoms with Crippen molar-refractivity contribution in [3.63, 3.8) is 0 Å². The number of para-hydroxylation sites is 1. The number of hydrogen-bond acceptors (Lipinski definition) is 7. The van der Waals surface area contributed by atoms with Crippen LogP contribution < -0.4 is 25.1 Å². The van der Waals surface area contributed by atoms with Crippen molar-refractivity contribution in [2.75, 3.05) is 26.1 Å². The first kappa shape index (κ1) is 32.4. The Hall–Kier alpha value is -4.96. The van der Waals surface area contributed by atoms with Crippen LogP contribution in [-0.4, -0.2) is 42.6 Å². The van der Waals surface area contributed by atoms with Gasteiger partial charge in [-0.2, -0.15) is 9.78 Å². The van der Waals surface area contributed by atoms with Gasteiger partial charge in [-0.25, -0.2) is 4.98 Å². The number of anilines is 1. The SMILES string of the molecule is COc1cc(C)c(-c2nc3ccccc3c(=O)n2N=Cc2cc(Br)c(OCC(=O)Nc3ccc(C)cc3)c(OC)c2)cc1C(C)C. The number of carbonyl (C=O) groups is 1. The van der Waals surface area contributed by atoms with Crippen LogP contribution in [0.3, 0.4) is 0 Å². The average molecular weight is 684 g/mol. The number of amides is 1. The molecule has 0 unspecified atom stereocenters. The van der Waals surface area contributed by atoms with Gasteiger partial charge in [-0.3, -0.25) is 9.59 Å². The highest BCUT2D eigenvalue weighted by atomic mass is 79.9. The number of methoxy groups -OCH3 is 2. The van der Waals surface area contributed by atoms with Gasteiger partial charge in [-0.15, -0.1) is 0 Å². The highest BCUT2D eigenvalue weighted by molar-refractivity contribution is 9.10. The molecule has 5 rings (SSSR count). The van der Waals surface area contributed by atoms with Crippen LogP contribution in [0, 0.1) is 13.8 Å². The van der Waals surface area contributed by atoms with E-state index in [0.29, 0.717) is 43.9 Å². The normalized spacial score (nSPS) is 11.3. The molecule has 0 aliphatic carbocycles. The van der Waals surface area contributed by atoms with E-state index >= 15 is 0 Å². The molecular weight excluding hydrogens is 648 g/mol. The van der Waals surface area contributed by atoms with E-state index in [1.807, 2.05) is 62.4 Å².